The van der Waals surface area contributed by atoms with E-state index in [1.54, 1.807) is 0 Å². The highest BCUT2D eigenvalue weighted by Crippen LogP contribution is 2.42. The number of fused-ring (bicyclic) bond motifs is 10. The van der Waals surface area contributed by atoms with Crippen molar-refractivity contribution in [2.24, 2.45) is 0 Å². The maximum absolute atomic E-state index is 6.68. The molecule has 0 saturated carbocycles. The van der Waals surface area contributed by atoms with Crippen molar-refractivity contribution in [3.63, 3.8) is 0 Å². The molecule has 0 N–H and O–H groups in total. The van der Waals surface area contributed by atoms with Crippen LogP contribution in [0.3, 0.4) is 0 Å². The van der Waals surface area contributed by atoms with Gasteiger partial charge in [0.15, 0.2) is 17.5 Å². The first-order valence-electron chi connectivity index (χ1n) is 21.2. The number of aromatic nitrogens is 5. The molecule has 0 aliphatic heterocycles. The fourth-order valence-electron chi connectivity index (χ4n) is 9.47. The largest absolute Gasteiger partial charge is 0.456 e. The summed E-state index contributed by atoms with van der Waals surface area (Å²) >= 11 is 0. The zero-order chi connectivity index (χ0) is 41.4. The van der Waals surface area contributed by atoms with Gasteiger partial charge in [-0.15, -0.1) is 0 Å². The Hall–Kier alpha value is -8.61. The SMILES string of the molecule is c1ccc(-c2nc(-c3ccccc3)nc(-c3ccc4c(c3)oc3cc(-c5cccc(-n6c7ccccc7c7ccc8c9ccccc9n(-c9ccccc9)c8c76)c5)ccc34)n2)cc1. The second-order valence-electron chi connectivity index (χ2n) is 16.0. The first kappa shape index (κ1) is 35.2. The first-order chi connectivity index (χ1) is 31.2. The number of hydrogen-bond acceptors (Lipinski definition) is 4. The Kier molecular flexibility index (Phi) is 7.80. The van der Waals surface area contributed by atoms with Crippen molar-refractivity contribution >= 4 is 65.6 Å². The van der Waals surface area contributed by atoms with Gasteiger partial charge in [-0.2, -0.15) is 0 Å². The van der Waals surface area contributed by atoms with Crippen molar-refractivity contribution in [3.05, 3.63) is 212 Å². The maximum atomic E-state index is 6.68. The molecular formula is C57H35N5O. The lowest BCUT2D eigenvalue weighted by Gasteiger charge is -2.13. The molecule has 63 heavy (non-hydrogen) atoms. The standard InChI is InChI=1S/C57H35N5O/c1-4-15-36(16-5-1)55-58-56(37-17-6-2-7-18-37)60-57(59-55)40-28-30-46-45-29-27-39(34-51(45)63-52(46)35-40)38-19-14-22-42(33-38)62-50-26-13-11-24-44(50)48-32-31-47-43-23-10-12-25-49(43)61(53(47)54(48)62)41-20-8-3-9-21-41/h1-35H. The molecular weight excluding hydrogens is 771 g/mol. The predicted molar refractivity (Wildman–Crippen MR) is 258 cm³/mol. The second-order valence-corrected chi connectivity index (χ2v) is 16.0. The van der Waals surface area contributed by atoms with Gasteiger partial charge in [0.25, 0.3) is 0 Å². The van der Waals surface area contributed by atoms with Crippen molar-refractivity contribution in [2.45, 2.75) is 0 Å². The molecule has 0 atom stereocenters. The third-order valence-electron chi connectivity index (χ3n) is 12.4. The zero-order valence-electron chi connectivity index (χ0n) is 33.9. The lowest BCUT2D eigenvalue weighted by Crippen LogP contribution is -2.00. The quantitative estimate of drug-likeness (QED) is 0.168. The second kappa shape index (κ2) is 14.0. The normalized spacial score (nSPS) is 11.8. The Labute approximate surface area is 361 Å². The third kappa shape index (κ3) is 5.62. The minimum absolute atomic E-state index is 0.592. The van der Waals surface area contributed by atoms with Gasteiger partial charge < -0.3 is 13.6 Å². The summed E-state index contributed by atoms with van der Waals surface area (Å²) in [6.07, 6.45) is 0. The fraction of sp³-hybridized carbons (Fsp3) is 0. The summed E-state index contributed by atoms with van der Waals surface area (Å²) in [6, 6.07) is 74.5. The summed E-state index contributed by atoms with van der Waals surface area (Å²) in [6.45, 7) is 0. The molecule has 4 heterocycles. The summed E-state index contributed by atoms with van der Waals surface area (Å²) in [4.78, 5) is 14.8. The van der Waals surface area contributed by atoms with Crippen molar-refractivity contribution in [1.29, 1.82) is 0 Å². The van der Waals surface area contributed by atoms with Crippen LogP contribution in [0.4, 0.5) is 0 Å². The Balaban J connectivity index is 0.949. The lowest BCUT2D eigenvalue weighted by atomic mass is 10.0. The van der Waals surface area contributed by atoms with Crippen LogP contribution in [0.2, 0.25) is 0 Å². The van der Waals surface area contributed by atoms with Crippen LogP contribution in [-0.4, -0.2) is 24.1 Å². The van der Waals surface area contributed by atoms with Crippen LogP contribution >= 0.6 is 0 Å². The molecule has 4 aromatic heterocycles. The molecule has 9 aromatic carbocycles. The number of benzene rings is 9. The highest BCUT2D eigenvalue weighted by Gasteiger charge is 2.22. The fourth-order valence-corrected chi connectivity index (χ4v) is 9.47. The number of hydrogen-bond donors (Lipinski definition) is 0. The smallest absolute Gasteiger partial charge is 0.164 e. The summed E-state index contributed by atoms with van der Waals surface area (Å²) < 4.78 is 11.6. The zero-order valence-corrected chi connectivity index (χ0v) is 33.9. The first-order valence-corrected chi connectivity index (χ1v) is 21.2. The van der Waals surface area contributed by atoms with Gasteiger partial charge in [-0.05, 0) is 71.8 Å². The van der Waals surface area contributed by atoms with E-state index in [4.69, 9.17) is 19.4 Å². The number of furan rings is 1. The van der Waals surface area contributed by atoms with Gasteiger partial charge in [-0.1, -0.05) is 152 Å². The molecule has 0 saturated heterocycles. The number of rotatable bonds is 6. The monoisotopic (exact) mass is 805 g/mol. The predicted octanol–water partition coefficient (Wildman–Crippen LogP) is 14.6. The van der Waals surface area contributed by atoms with Crippen molar-refractivity contribution in [2.75, 3.05) is 0 Å². The Bertz CT molecular complexity index is 3850. The van der Waals surface area contributed by atoms with Gasteiger partial charge in [0, 0.05) is 60.4 Å². The van der Waals surface area contributed by atoms with Crippen LogP contribution in [-0.2, 0) is 0 Å². The highest BCUT2D eigenvalue weighted by molar-refractivity contribution is 6.24. The molecule has 6 nitrogen and oxygen atoms in total. The molecule has 0 aliphatic carbocycles. The lowest BCUT2D eigenvalue weighted by molar-refractivity contribution is 0.669. The van der Waals surface area contributed by atoms with Gasteiger partial charge in [0.05, 0.1) is 22.1 Å². The summed E-state index contributed by atoms with van der Waals surface area (Å²) in [7, 11) is 0. The molecule has 0 bridgehead atoms. The van der Waals surface area contributed by atoms with E-state index in [9.17, 15) is 0 Å². The minimum atomic E-state index is 0.592. The topological polar surface area (TPSA) is 61.7 Å². The van der Waals surface area contributed by atoms with E-state index >= 15 is 0 Å². The van der Waals surface area contributed by atoms with E-state index in [-0.39, 0.29) is 0 Å². The molecule has 0 radical (unpaired) electrons. The van der Waals surface area contributed by atoms with E-state index in [0.29, 0.717) is 17.5 Å². The number of para-hydroxylation sites is 3. The van der Waals surface area contributed by atoms with Gasteiger partial charge in [-0.3, -0.25) is 0 Å². The molecule has 6 heteroatoms. The molecule has 13 rings (SSSR count). The minimum Gasteiger partial charge on any atom is -0.456 e. The van der Waals surface area contributed by atoms with Gasteiger partial charge in [-0.25, -0.2) is 15.0 Å². The Morgan fingerprint density at radius 1 is 0.286 bits per heavy atom. The number of nitrogens with zero attached hydrogens (tertiary/aromatic N) is 5. The average Bonchev–Trinajstić information content (AvgIpc) is 4.02. The van der Waals surface area contributed by atoms with Crippen LogP contribution in [0.1, 0.15) is 0 Å². The molecule has 0 spiro atoms. The maximum Gasteiger partial charge on any atom is 0.164 e. The average molecular weight is 806 g/mol. The molecule has 294 valence electrons. The van der Waals surface area contributed by atoms with E-state index in [1.165, 1.54) is 38.1 Å². The Morgan fingerprint density at radius 2 is 0.698 bits per heavy atom. The van der Waals surface area contributed by atoms with Crippen LogP contribution in [0.25, 0.3) is 122 Å². The van der Waals surface area contributed by atoms with Crippen molar-refractivity contribution < 1.29 is 4.42 Å². The Morgan fingerprint density at radius 3 is 1.29 bits per heavy atom. The van der Waals surface area contributed by atoms with E-state index in [0.717, 1.165) is 66.6 Å². The molecule has 13 aromatic rings. The summed E-state index contributed by atoms with van der Waals surface area (Å²) in [5, 5.41) is 6.99. The van der Waals surface area contributed by atoms with E-state index < -0.39 is 0 Å². The van der Waals surface area contributed by atoms with Gasteiger partial charge >= 0.3 is 0 Å². The summed E-state index contributed by atoms with van der Waals surface area (Å²) in [5.74, 6) is 1.84. The van der Waals surface area contributed by atoms with Crippen LogP contribution in [0.15, 0.2) is 217 Å². The van der Waals surface area contributed by atoms with E-state index in [2.05, 4.69) is 155 Å². The summed E-state index contributed by atoms with van der Waals surface area (Å²) in [5.41, 5.74) is 13.4. The van der Waals surface area contributed by atoms with E-state index in [1.807, 2.05) is 66.7 Å². The van der Waals surface area contributed by atoms with Crippen molar-refractivity contribution in [3.8, 4) is 56.7 Å². The molecule has 0 fully saturated rings. The third-order valence-corrected chi connectivity index (χ3v) is 12.4. The van der Waals surface area contributed by atoms with Crippen molar-refractivity contribution in [1.82, 2.24) is 24.1 Å². The molecule has 0 aliphatic rings. The van der Waals surface area contributed by atoms with Gasteiger partial charge in [0.2, 0.25) is 0 Å². The van der Waals surface area contributed by atoms with Gasteiger partial charge in [0.1, 0.15) is 11.2 Å². The van der Waals surface area contributed by atoms with Crippen LogP contribution in [0, 0.1) is 0 Å². The highest BCUT2D eigenvalue weighted by atomic mass is 16.3. The molecule has 0 amide bonds. The van der Waals surface area contributed by atoms with Crippen LogP contribution < -0.4 is 0 Å². The van der Waals surface area contributed by atoms with Crippen LogP contribution in [0.5, 0.6) is 0 Å². The molecule has 0 unspecified atom stereocenters.